The minimum Gasteiger partial charge on any atom is -0.497 e. The van der Waals surface area contributed by atoms with Gasteiger partial charge in [-0.05, 0) is 49.6 Å². The maximum absolute atomic E-state index is 13.6. The Balaban J connectivity index is 1.87. The van der Waals surface area contributed by atoms with E-state index in [0.29, 0.717) is 11.4 Å². The van der Waals surface area contributed by atoms with Gasteiger partial charge in [-0.25, -0.2) is 8.42 Å². The maximum Gasteiger partial charge on any atom is 0.244 e. The normalized spacial score (nSPS) is 15.1. The molecule has 1 atom stereocenters. The Morgan fingerprint density at radius 3 is 2.39 bits per heavy atom. The molecule has 2 aromatic carbocycles. The van der Waals surface area contributed by atoms with Gasteiger partial charge in [0.25, 0.3) is 0 Å². The molecule has 1 N–H and O–H groups in total. The van der Waals surface area contributed by atoms with Crippen molar-refractivity contribution in [1.29, 1.82) is 0 Å². The van der Waals surface area contributed by atoms with E-state index in [0.717, 1.165) is 46.3 Å². The van der Waals surface area contributed by atoms with E-state index in [1.807, 2.05) is 24.3 Å². The summed E-state index contributed by atoms with van der Waals surface area (Å²) in [6, 6.07) is 13.3. The van der Waals surface area contributed by atoms with Crippen molar-refractivity contribution in [1.82, 2.24) is 10.2 Å². The Kier molecular flexibility index (Phi) is 9.78. The van der Waals surface area contributed by atoms with E-state index in [4.69, 9.17) is 4.74 Å². The molecule has 2 aromatic rings. The van der Waals surface area contributed by atoms with E-state index in [2.05, 4.69) is 21.2 Å². The molecule has 2 amide bonds. The molecule has 1 fully saturated rings. The van der Waals surface area contributed by atoms with E-state index in [1.54, 1.807) is 31.2 Å². The van der Waals surface area contributed by atoms with Crippen molar-refractivity contribution in [3.63, 3.8) is 0 Å². The second kappa shape index (κ2) is 12.6. The molecule has 8 nitrogen and oxygen atoms in total. The van der Waals surface area contributed by atoms with Crippen molar-refractivity contribution in [2.24, 2.45) is 0 Å². The van der Waals surface area contributed by atoms with Crippen LogP contribution in [0.25, 0.3) is 0 Å². The first-order valence-corrected chi connectivity index (χ1v) is 14.7. The van der Waals surface area contributed by atoms with Gasteiger partial charge < -0.3 is 15.0 Å². The highest BCUT2D eigenvalue weighted by molar-refractivity contribution is 9.10. The van der Waals surface area contributed by atoms with Crippen LogP contribution in [0, 0.1) is 0 Å². The van der Waals surface area contributed by atoms with Crippen molar-refractivity contribution < 1.29 is 22.7 Å². The van der Waals surface area contributed by atoms with Crippen LogP contribution in [0.15, 0.2) is 53.0 Å². The van der Waals surface area contributed by atoms with Gasteiger partial charge in [0.05, 0.1) is 19.1 Å². The molecular weight excluding hydrogens is 546 g/mol. The third-order valence-electron chi connectivity index (χ3n) is 6.41. The summed E-state index contributed by atoms with van der Waals surface area (Å²) in [5.74, 6) is -0.238. The van der Waals surface area contributed by atoms with Crippen LogP contribution >= 0.6 is 15.9 Å². The van der Waals surface area contributed by atoms with Crippen molar-refractivity contribution in [3.8, 4) is 5.75 Å². The number of ether oxygens (including phenoxy) is 1. The first-order valence-electron chi connectivity index (χ1n) is 12.0. The molecule has 0 heterocycles. The minimum atomic E-state index is -3.80. The number of halogens is 1. The lowest BCUT2D eigenvalue weighted by molar-refractivity contribution is -0.139. The molecule has 0 aliphatic heterocycles. The van der Waals surface area contributed by atoms with Crippen LogP contribution in [0.1, 0.15) is 44.6 Å². The summed E-state index contributed by atoms with van der Waals surface area (Å²) < 4.78 is 32.5. The van der Waals surface area contributed by atoms with Crippen molar-refractivity contribution in [2.45, 2.75) is 57.7 Å². The summed E-state index contributed by atoms with van der Waals surface area (Å²) in [6.07, 6.45) is 6.23. The van der Waals surface area contributed by atoms with E-state index in [-0.39, 0.29) is 18.5 Å². The predicted octanol–water partition coefficient (Wildman–Crippen LogP) is 4.09. The van der Waals surface area contributed by atoms with Gasteiger partial charge in [0.1, 0.15) is 18.3 Å². The monoisotopic (exact) mass is 579 g/mol. The van der Waals surface area contributed by atoms with Crippen molar-refractivity contribution in [2.75, 3.05) is 24.2 Å². The van der Waals surface area contributed by atoms with E-state index < -0.39 is 28.5 Å². The molecule has 0 spiro atoms. The first kappa shape index (κ1) is 28.0. The van der Waals surface area contributed by atoms with Crippen LogP contribution < -0.4 is 14.4 Å². The SMILES string of the molecule is COc1cccc(N(CC(=O)N(Cc2ccc(Br)cc2)C(C)C(=O)NC2CCCCC2)S(C)(=O)=O)c1. The highest BCUT2D eigenvalue weighted by Gasteiger charge is 2.31. The van der Waals surface area contributed by atoms with Gasteiger partial charge in [0, 0.05) is 23.1 Å². The van der Waals surface area contributed by atoms with Gasteiger partial charge in [0.15, 0.2) is 0 Å². The molecule has 0 bridgehead atoms. The molecule has 196 valence electrons. The molecule has 36 heavy (non-hydrogen) atoms. The van der Waals surface area contributed by atoms with E-state index >= 15 is 0 Å². The second-order valence-corrected chi connectivity index (χ2v) is 12.0. The fourth-order valence-corrected chi connectivity index (χ4v) is 5.42. The summed E-state index contributed by atoms with van der Waals surface area (Å²) in [6.45, 7) is 1.41. The molecule has 0 radical (unpaired) electrons. The number of nitrogens with one attached hydrogen (secondary N) is 1. The lowest BCUT2D eigenvalue weighted by Crippen LogP contribution is -2.52. The molecule has 1 aliphatic carbocycles. The van der Waals surface area contributed by atoms with Crippen LogP contribution in [-0.4, -0.2) is 57.1 Å². The van der Waals surface area contributed by atoms with E-state index in [9.17, 15) is 18.0 Å². The molecule has 10 heteroatoms. The smallest absolute Gasteiger partial charge is 0.244 e. The third kappa shape index (κ3) is 7.70. The summed E-state index contributed by atoms with van der Waals surface area (Å²) >= 11 is 3.41. The molecule has 3 rings (SSSR count). The van der Waals surface area contributed by atoms with Gasteiger partial charge in [-0.15, -0.1) is 0 Å². The maximum atomic E-state index is 13.6. The molecular formula is C26H34BrN3O5S. The van der Waals surface area contributed by atoms with Crippen molar-refractivity contribution >= 4 is 43.5 Å². The number of sulfonamides is 1. The number of anilines is 1. The summed E-state index contributed by atoms with van der Waals surface area (Å²) in [5.41, 5.74) is 1.14. The highest BCUT2D eigenvalue weighted by Crippen LogP contribution is 2.24. The second-order valence-electron chi connectivity index (χ2n) is 9.14. The summed E-state index contributed by atoms with van der Waals surface area (Å²) in [7, 11) is -2.31. The van der Waals surface area contributed by atoms with Crippen LogP contribution in [0.4, 0.5) is 5.69 Å². The lowest BCUT2D eigenvalue weighted by atomic mass is 9.95. The Labute approximate surface area is 222 Å². The third-order valence-corrected chi connectivity index (χ3v) is 8.07. The Bertz CT molecular complexity index is 1150. The number of carbonyl (C=O) groups excluding carboxylic acids is 2. The quantitative estimate of drug-likeness (QED) is 0.457. The number of amides is 2. The highest BCUT2D eigenvalue weighted by atomic mass is 79.9. The average molecular weight is 581 g/mol. The van der Waals surface area contributed by atoms with Gasteiger partial charge >= 0.3 is 0 Å². The van der Waals surface area contributed by atoms with Gasteiger partial charge in [-0.2, -0.15) is 0 Å². The van der Waals surface area contributed by atoms with Crippen LogP contribution in [0.2, 0.25) is 0 Å². The fourth-order valence-electron chi connectivity index (χ4n) is 4.32. The minimum absolute atomic E-state index is 0.0997. The number of rotatable bonds is 10. The summed E-state index contributed by atoms with van der Waals surface area (Å²) in [4.78, 5) is 28.3. The molecule has 1 aliphatic rings. The van der Waals surface area contributed by atoms with Crippen LogP contribution in [0.3, 0.4) is 0 Å². The predicted molar refractivity (Wildman–Crippen MR) is 144 cm³/mol. The molecule has 1 unspecified atom stereocenters. The Hall–Kier alpha value is -2.59. The number of hydrogen-bond acceptors (Lipinski definition) is 5. The number of benzene rings is 2. The fraction of sp³-hybridized carbons (Fsp3) is 0.462. The molecule has 1 saturated carbocycles. The standard InChI is InChI=1S/C26H34BrN3O5S/c1-19(26(32)28-22-8-5-4-6-9-22)29(17-20-12-14-21(27)15-13-20)25(31)18-30(36(3,33)34)23-10-7-11-24(16-23)35-2/h7,10-16,19,22H,4-6,8-9,17-18H2,1-3H3,(H,28,32). The van der Waals surface area contributed by atoms with Crippen molar-refractivity contribution in [3.05, 3.63) is 58.6 Å². The van der Waals surface area contributed by atoms with Crippen LogP contribution in [0.5, 0.6) is 5.75 Å². The zero-order valence-electron chi connectivity index (χ0n) is 20.9. The largest absolute Gasteiger partial charge is 0.497 e. The van der Waals surface area contributed by atoms with Gasteiger partial charge in [-0.1, -0.05) is 53.4 Å². The molecule has 0 aromatic heterocycles. The van der Waals surface area contributed by atoms with Gasteiger partial charge in [-0.3, -0.25) is 13.9 Å². The van der Waals surface area contributed by atoms with E-state index in [1.165, 1.54) is 18.4 Å². The zero-order chi connectivity index (χ0) is 26.3. The van der Waals surface area contributed by atoms with Gasteiger partial charge in [0.2, 0.25) is 21.8 Å². The average Bonchev–Trinajstić information content (AvgIpc) is 2.86. The first-order chi connectivity index (χ1) is 17.1. The van der Waals surface area contributed by atoms with Crippen LogP contribution in [-0.2, 0) is 26.2 Å². The zero-order valence-corrected chi connectivity index (χ0v) is 23.3. The molecule has 0 saturated heterocycles. The number of nitrogens with zero attached hydrogens (tertiary/aromatic N) is 2. The topological polar surface area (TPSA) is 96.0 Å². The lowest BCUT2D eigenvalue weighted by Gasteiger charge is -2.33. The Morgan fingerprint density at radius 1 is 1.11 bits per heavy atom. The number of hydrogen-bond donors (Lipinski definition) is 1. The summed E-state index contributed by atoms with van der Waals surface area (Å²) in [5, 5.41) is 3.09. The number of methoxy groups -OCH3 is 1. The Morgan fingerprint density at radius 2 is 1.78 bits per heavy atom. The number of carbonyl (C=O) groups is 2.